The van der Waals surface area contributed by atoms with Gasteiger partial charge in [-0.2, -0.15) is 0 Å². The van der Waals surface area contributed by atoms with Crippen molar-refractivity contribution in [1.82, 2.24) is 5.32 Å². The molecular formula is C17H25NO3. The van der Waals surface area contributed by atoms with Crippen LogP contribution in [0.5, 0.6) is 5.75 Å². The maximum absolute atomic E-state index is 12.0. The first-order valence-electron chi connectivity index (χ1n) is 7.75. The molecule has 0 aliphatic heterocycles. The van der Waals surface area contributed by atoms with Gasteiger partial charge >= 0.3 is 0 Å². The molecule has 116 valence electrons. The Kier molecular flexibility index (Phi) is 5.62. The maximum Gasteiger partial charge on any atom is 0.223 e. The quantitative estimate of drug-likeness (QED) is 0.847. The second-order valence-corrected chi connectivity index (χ2v) is 5.96. The van der Waals surface area contributed by atoms with Gasteiger partial charge in [-0.1, -0.05) is 31.4 Å². The molecule has 1 aromatic carbocycles. The lowest BCUT2D eigenvalue weighted by molar-refractivity contribution is -0.124. The van der Waals surface area contributed by atoms with Gasteiger partial charge in [-0.25, -0.2) is 0 Å². The van der Waals surface area contributed by atoms with Gasteiger partial charge in [-0.3, -0.25) is 4.79 Å². The van der Waals surface area contributed by atoms with Crippen LogP contribution in [-0.2, 0) is 4.79 Å². The lowest BCUT2D eigenvalue weighted by Crippen LogP contribution is -2.52. The number of carbonyl (C=O) groups is 1. The summed E-state index contributed by atoms with van der Waals surface area (Å²) in [4.78, 5) is 12.0. The topological polar surface area (TPSA) is 58.6 Å². The van der Waals surface area contributed by atoms with Gasteiger partial charge in [0.25, 0.3) is 0 Å². The Hall–Kier alpha value is -1.55. The molecule has 1 aliphatic carbocycles. The lowest BCUT2D eigenvalue weighted by Gasteiger charge is -2.36. The fraction of sp³-hybridized carbons (Fsp3) is 0.588. The molecule has 0 spiro atoms. The summed E-state index contributed by atoms with van der Waals surface area (Å²) in [5.74, 6) is 0.746. The number of aliphatic hydroxyl groups is 1. The predicted molar refractivity (Wildman–Crippen MR) is 82.3 cm³/mol. The SMILES string of the molecule is Cc1cccc(OCCC(=O)NC2(CO)CCCCC2)c1. The summed E-state index contributed by atoms with van der Waals surface area (Å²) in [5.41, 5.74) is 0.733. The summed E-state index contributed by atoms with van der Waals surface area (Å²) < 4.78 is 5.59. The van der Waals surface area contributed by atoms with Crippen molar-refractivity contribution >= 4 is 5.91 Å². The highest BCUT2D eigenvalue weighted by atomic mass is 16.5. The first kappa shape index (κ1) is 15.8. The van der Waals surface area contributed by atoms with Gasteiger partial charge < -0.3 is 15.2 Å². The Labute approximate surface area is 126 Å². The number of hydrogen-bond donors (Lipinski definition) is 2. The van der Waals surface area contributed by atoms with Gasteiger partial charge in [0, 0.05) is 0 Å². The standard InChI is InChI=1S/C17H25NO3/c1-14-6-5-7-15(12-14)21-11-8-16(20)18-17(13-19)9-3-2-4-10-17/h5-7,12,19H,2-4,8-11,13H2,1H3,(H,18,20). The first-order chi connectivity index (χ1) is 10.1. The van der Waals surface area contributed by atoms with Crippen molar-refractivity contribution < 1.29 is 14.6 Å². The molecule has 0 atom stereocenters. The Bertz CT molecular complexity index is 467. The number of benzene rings is 1. The van der Waals surface area contributed by atoms with Gasteiger partial charge in [0.15, 0.2) is 0 Å². The molecule has 1 saturated carbocycles. The zero-order valence-corrected chi connectivity index (χ0v) is 12.7. The average Bonchev–Trinajstić information content (AvgIpc) is 2.48. The van der Waals surface area contributed by atoms with Crippen molar-refractivity contribution in [3.8, 4) is 5.75 Å². The van der Waals surface area contributed by atoms with E-state index in [4.69, 9.17) is 4.74 Å². The van der Waals surface area contributed by atoms with Gasteiger partial charge in [0.05, 0.1) is 25.2 Å². The third kappa shape index (κ3) is 4.74. The molecule has 2 rings (SSSR count). The third-order valence-corrected chi connectivity index (χ3v) is 4.11. The van der Waals surface area contributed by atoms with E-state index >= 15 is 0 Å². The monoisotopic (exact) mass is 291 g/mol. The zero-order chi connectivity index (χ0) is 15.1. The van der Waals surface area contributed by atoms with Crippen LogP contribution in [0.25, 0.3) is 0 Å². The van der Waals surface area contributed by atoms with Crippen molar-refractivity contribution in [3.05, 3.63) is 29.8 Å². The molecule has 0 radical (unpaired) electrons. The van der Waals surface area contributed by atoms with Crippen molar-refractivity contribution in [2.75, 3.05) is 13.2 Å². The third-order valence-electron chi connectivity index (χ3n) is 4.11. The van der Waals surface area contributed by atoms with Crippen LogP contribution in [0.1, 0.15) is 44.1 Å². The van der Waals surface area contributed by atoms with Crippen LogP contribution in [0.2, 0.25) is 0 Å². The minimum Gasteiger partial charge on any atom is -0.493 e. The summed E-state index contributed by atoms with van der Waals surface area (Å²) in [7, 11) is 0. The largest absolute Gasteiger partial charge is 0.493 e. The van der Waals surface area contributed by atoms with Crippen LogP contribution < -0.4 is 10.1 Å². The molecular weight excluding hydrogens is 266 g/mol. The van der Waals surface area contributed by atoms with Crippen molar-refractivity contribution in [2.45, 2.75) is 51.0 Å². The van der Waals surface area contributed by atoms with E-state index in [1.165, 1.54) is 6.42 Å². The van der Waals surface area contributed by atoms with E-state index in [2.05, 4.69) is 5.32 Å². The minimum atomic E-state index is -0.404. The highest BCUT2D eigenvalue weighted by Gasteiger charge is 2.32. The molecule has 1 aliphatic rings. The van der Waals surface area contributed by atoms with Gasteiger partial charge in [-0.05, 0) is 37.5 Å². The van der Waals surface area contributed by atoms with E-state index in [-0.39, 0.29) is 12.5 Å². The fourth-order valence-electron chi connectivity index (χ4n) is 2.88. The van der Waals surface area contributed by atoms with Crippen LogP contribution in [-0.4, -0.2) is 29.8 Å². The second kappa shape index (κ2) is 7.46. The average molecular weight is 291 g/mol. The number of nitrogens with one attached hydrogen (secondary N) is 1. The highest BCUT2D eigenvalue weighted by molar-refractivity contribution is 5.77. The predicted octanol–water partition coefficient (Wildman–Crippen LogP) is 2.58. The first-order valence-corrected chi connectivity index (χ1v) is 7.75. The lowest BCUT2D eigenvalue weighted by atomic mass is 9.82. The number of hydrogen-bond acceptors (Lipinski definition) is 3. The molecule has 4 nitrogen and oxygen atoms in total. The summed E-state index contributed by atoms with van der Waals surface area (Å²) in [5, 5.41) is 12.6. The molecule has 0 heterocycles. The molecule has 1 amide bonds. The highest BCUT2D eigenvalue weighted by Crippen LogP contribution is 2.27. The van der Waals surface area contributed by atoms with Crippen molar-refractivity contribution in [1.29, 1.82) is 0 Å². The second-order valence-electron chi connectivity index (χ2n) is 5.96. The van der Waals surface area contributed by atoms with Crippen molar-refractivity contribution in [3.63, 3.8) is 0 Å². The Morgan fingerprint density at radius 1 is 1.33 bits per heavy atom. The zero-order valence-electron chi connectivity index (χ0n) is 12.7. The number of carbonyl (C=O) groups excluding carboxylic acids is 1. The van der Waals surface area contributed by atoms with E-state index < -0.39 is 5.54 Å². The van der Waals surface area contributed by atoms with E-state index in [9.17, 15) is 9.90 Å². The number of aryl methyl sites for hydroxylation is 1. The van der Waals surface area contributed by atoms with Gasteiger partial charge in [0.1, 0.15) is 5.75 Å². The summed E-state index contributed by atoms with van der Waals surface area (Å²) in [6.07, 6.45) is 5.38. The number of amides is 1. The molecule has 0 aromatic heterocycles. The molecule has 1 aromatic rings. The number of rotatable bonds is 6. The summed E-state index contributed by atoms with van der Waals surface area (Å²) in [6.45, 7) is 2.39. The molecule has 2 N–H and O–H groups in total. The molecule has 0 saturated heterocycles. The maximum atomic E-state index is 12.0. The van der Waals surface area contributed by atoms with Gasteiger partial charge in [0.2, 0.25) is 5.91 Å². The van der Waals surface area contributed by atoms with Gasteiger partial charge in [-0.15, -0.1) is 0 Å². The molecule has 0 unspecified atom stereocenters. The van der Waals surface area contributed by atoms with E-state index in [0.29, 0.717) is 13.0 Å². The van der Waals surface area contributed by atoms with Crippen LogP contribution in [0.15, 0.2) is 24.3 Å². The van der Waals surface area contributed by atoms with Crippen LogP contribution in [0, 0.1) is 6.92 Å². The molecule has 1 fully saturated rings. The minimum absolute atomic E-state index is 0.0253. The Morgan fingerprint density at radius 2 is 2.10 bits per heavy atom. The Morgan fingerprint density at radius 3 is 2.76 bits per heavy atom. The summed E-state index contributed by atoms with van der Waals surface area (Å²) >= 11 is 0. The summed E-state index contributed by atoms with van der Waals surface area (Å²) in [6, 6.07) is 7.79. The van der Waals surface area contributed by atoms with E-state index in [1.54, 1.807) is 0 Å². The fourth-order valence-corrected chi connectivity index (χ4v) is 2.88. The van der Waals surface area contributed by atoms with Crippen molar-refractivity contribution in [2.24, 2.45) is 0 Å². The smallest absolute Gasteiger partial charge is 0.223 e. The number of ether oxygens (including phenoxy) is 1. The normalized spacial score (nSPS) is 17.2. The van der Waals surface area contributed by atoms with Crippen LogP contribution >= 0.6 is 0 Å². The van der Waals surface area contributed by atoms with E-state index in [0.717, 1.165) is 37.0 Å². The molecule has 21 heavy (non-hydrogen) atoms. The van der Waals surface area contributed by atoms with Crippen LogP contribution in [0.3, 0.4) is 0 Å². The molecule has 0 bridgehead atoms. The van der Waals surface area contributed by atoms with E-state index in [1.807, 2.05) is 31.2 Å². The molecule has 4 heteroatoms. The van der Waals surface area contributed by atoms with Crippen LogP contribution in [0.4, 0.5) is 0 Å². The number of aliphatic hydroxyl groups excluding tert-OH is 1. The Balaban J connectivity index is 1.76.